The number of carbonyl (C=O) groups excluding carboxylic acids is 3. The van der Waals surface area contributed by atoms with Crippen molar-refractivity contribution in [3.63, 3.8) is 0 Å². The van der Waals surface area contributed by atoms with Gasteiger partial charge < -0.3 is 15.0 Å². The van der Waals surface area contributed by atoms with Gasteiger partial charge in [0.1, 0.15) is 0 Å². The fourth-order valence-corrected chi connectivity index (χ4v) is 3.01. The Balaban J connectivity index is 1.91. The quantitative estimate of drug-likeness (QED) is 0.769. The number of thiophene rings is 1. The zero-order valence-electron chi connectivity index (χ0n) is 14.2. The van der Waals surface area contributed by atoms with Gasteiger partial charge in [0.25, 0.3) is 0 Å². The molecule has 0 spiro atoms. The molecule has 0 radical (unpaired) electrons. The smallest absolute Gasteiger partial charge is 0.337 e. The molecule has 1 heterocycles. The predicted molar refractivity (Wildman–Crippen MR) is 96.8 cm³/mol. The molecule has 0 atom stereocenters. The number of hydrogen-bond donors (Lipinski definition) is 1. The van der Waals surface area contributed by atoms with E-state index in [1.54, 1.807) is 29.2 Å². The Hall–Kier alpha value is -2.67. The molecule has 2 aromatic rings. The first-order valence-electron chi connectivity index (χ1n) is 7.77. The number of carbonyl (C=O) groups is 3. The zero-order chi connectivity index (χ0) is 18.2. The van der Waals surface area contributed by atoms with E-state index in [1.807, 2.05) is 17.5 Å². The highest BCUT2D eigenvalue weighted by atomic mass is 32.1. The summed E-state index contributed by atoms with van der Waals surface area (Å²) in [6.45, 7) is 2.16. The molecule has 132 valence electrons. The number of hydrogen-bond acceptors (Lipinski definition) is 5. The van der Waals surface area contributed by atoms with Crippen molar-refractivity contribution in [3.8, 4) is 0 Å². The molecule has 0 saturated heterocycles. The van der Waals surface area contributed by atoms with Crippen molar-refractivity contribution < 1.29 is 19.1 Å². The fraction of sp³-hybridized carbons (Fsp3) is 0.278. The highest BCUT2D eigenvalue weighted by Gasteiger charge is 2.13. The molecule has 7 heteroatoms. The van der Waals surface area contributed by atoms with Crippen LogP contribution in [0.3, 0.4) is 0 Å². The maximum atomic E-state index is 11.9. The van der Waals surface area contributed by atoms with Crippen LogP contribution in [0.5, 0.6) is 0 Å². The molecule has 0 aliphatic rings. The number of amides is 2. The first kappa shape index (κ1) is 18.7. The second-order valence-electron chi connectivity index (χ2n) is 5.32. The van der Waals surface area contributed by atoms with Crippen LogP contribution in [0.25, 0.3) is 0 Å². The van der Waals surface area contributed by atoms with E-state index in [2.05, 4.69) is 10.1 Å². The predicted octanol–water partition coefficient (Wildman–Crippen LogP) is 2.25. The number of ether oxygens (including phenoxy) is 1. The molecule has 1 aromatic carbocycles. The van der Waals surface area contributed by atoms with E-state index < -0.39 is 5.97 Å². The molecule has 0 aliphatic carbocycles. The Kier molecular flexibility index (Phi) is 6.71. The van der Waals surface area contributed by atoms with Gasteiger partial charge in [0.05, 0.1) is 19.1 Å². The van der Waals surface area contributed by atoms with Gasteiger partial charge in [-0.2, -0.15) is 0 Å². The lowest BCUT2D eigenvalue weighted by Crippen LogP contribution is -2.38. The van der Waals surface area contributed by atoms with E-state index in [0.29, 0.717) is 30.8 Å². The van der Waals surface area contributed by atoms with Crippen LogP contribution in [0.2, 0.25) is 0 Å². The molecule has 0 unspecified atom stereocenters. The van der Waals surface area contributed by atoms with Crippen LogP contribution in [0, 0.1) is 0 Å². The zero-order valence-corrected chi connectivity index (χ0v) is 15.0. The number of nitrogens with zero attached hydrogens (tertiary/aromatic N) is 1. The third kappa shape index (κ3) is 5.42. The summed E-state index contributed by atoms with van der Waals surface area (Å²) in [6.07, 6.45) is 0.339. The number of methoxy groups -OCH3 is 1. The largest absolute Gasteiger partial charge is 0.465 e. The highest BCUT2D eigenvalue weighted by Crippen LogP contribution is 2.16. The molecule has 6 nitrogen and oxygen atoms in total. The van der Waals surface area contributed by atoms with E-state index in [0.717, 1.165) is 4.88 Å². The van der Waals surface area contributed by atoms with E-state index in [-0.39, 0.29) is 11.8 Å². The first-order valence-corrected chi connectivity index (χ1v) is 8.65. The molecule has 0 saturated carbocycles. The summed E-state index contributed by atoms with van der Waals surface area (Å²) in [4.78, 5) is 37.8. The molecular formula is C18H20N2O4S. The lowest BCUT2D eigenvalue weighted by atomic mass is 10.2. The van der Waals surface area contributed by atoms with Crippen LogP contribution < -0.4 is 10.2 Å². The summed E-state index contributed by atoms with van der Waals surface area (Å²) < 4.78 is 4.65. The van der Waals surface area contributed by atoms with Crippen molar-refractivity contribution in [2.75, 3.05) is 25.1 Å². The maximum absolute atomic E-state index is 11.9. The van der Waals surface area contributed by atoms with Crippen molar-refractivity contribution in [1.82, 2.24) is 5.32 Å². The van der Waals surface area contributed by atoms with E-state index in [1.165, 1.54) is 25.4 Å². The summed E-state index contributed by atoms with van der Waals surface area (Å²) in [5, 5.41) is 4.74. The van der Waals surface area contributed by atoms with Crippen LogP contribution in [0.1, 0.15) is 22.2 Å². The van der Waals surface area contributed by atoms with Gasteiger partial charge in [-0.25, -0.2) is 4.79 Å². The topological polar surface area (TPSA) is 75.7 Å². The minimum Gasteiger partial charge on any atom is -0.465 e. The van der Waals surface area contributed by atoms with Gasteiger partial charge in [0, 0.05) is 30.6 Å². The summed E-state index contributed by atoms with van der Waals surface area (Å²) in [5.41, 5.74) is 1.08. The van der Waals surface area contributed by atoms with Gasteiger partial charge in [-0.05, 0) is 35.7 Å². The molecule has 25 heavy (non-hydrogen) atoms. The number of esters is 1. The van der Waals surface area contributed by atoms with Gasteiger partial charge in [-0.3, -0.25) is 9.59 Å². The van der Waals surface area contributed by atoms with Crippen molar-refractivity contribution in [2.24, 2.45) is 0 Å². The van der Waals surface area contributed by atoms with Crippen LogP contribution >= 0.6 is 11.3 Å². The minimum atomic E-state index is -0.429. The SMILES string of the molecule is COC(=O)c1ccc(N(CCNC(=O)Cc2cccs2)C(C)=O)cc1. The van der Waals surface area contributed by atoms with E-state index in [9.17, 15) is 14.4 Å². The normalized spacial score (nSPS) is 10.2. The summed E-state index contributed by atoms with van der Waals surface area (Å²) in [7, 11) is 1.32. The van der Waals surface area contributed by atoms with Crippen molar-refractivity contribution >= 4 is 34.8 Å². The van der Waals surface area contributed by atoms with Crippen molar-refractivity contribution in [2.45, 2.75) is 13.3 Å². The Morgan fingerprint density at radius 2 is 1.88 bits per heavy atom. The second-order valence-corrected chi connectivity index (χ2v) is 6.35. The molecule has 1 aromatic heterocycles. The first-order chi connectivity index (χ1) is 12.0. The Morgan fingerprint density at radius 3 is 2.44 bits per heavy atom. The summed E-state index contributed by atoms with van der Waals surface area (Å²) >= 11 is 1.54. The minimum absolute atomic E-state index is 0.0769. The molecule has 0 aliphatic heterocycles. The number of benzene rings is 1. The lowest BCUT2D eigenvalue weighted by Gasteiger charge is -2.21. The van der Waals surface area contributed by atoms with Crippen LogP contribution in [0.4, 0.5) is 5.69 Å². The Bertz CT molecular complexity index is 726. The van der Waals surface area contributed by atoms with Gasteiger partial charge in [-0.1, -0.05) is 6.07 Å². The number of nitrogens with one attached hydrogen (secondary N) is 1. The number of rotatable bonds is 7. The van der Waals surface area contributed by atoms with Crippen molar-refractivity contribution in [1.29, 1.82) is 0 Å². The van der Waals surface area contributed by atoms with Gasteiger partial charge in [0.2, 0.25) is 11.8 Å². The maximum Gasteiger partial charge on any atom is 0.337 e. The highest BCUT2D eigenvalue weighted by molar-refractivity contribution is 7.10. The molecular weight excluding hydrogens is 340 g/mol. The molecule has 1 N–H and O–H groups in total. The van der Waals surface area contributed by atoms with Crippen molar-refractivity contribution in [3.05, 3.63) is 52.2 Å². The van der Waals surface area contributed by atoms with Gasteiger partial charge in [-0.15, -0.1) is 11.3 Å². The Morgan fingerprint density at radius 1 is 1.16 bits per heavy atom. The average Bonchev–Trinajstić information content (AvgIpc) is 3.11. The molecule has 2 amide bonds. The van der Waals surface area contributed by atoms with E-state index >= 15 is 0 Å². The number of anilines is 1. The molecule has 0 bridgehead atoms. The van der Waals surface area contributed by atoms with Gasteiger partial charge >= 0.3 is 5.97 Å². The third-order valence-corrected chi connectivity index (χ3v) is 4.43. The fourth-order valence-electron chi connectivity index (χ4n) is 2.30. The summed E-state index contributed by atoms with van der Waals surface area (Å²) in [5.74, 6) is -0.646. The monoisotopic (exact) mass is 360 g/mol. The van der Waals surface area contributed by atoms with Crippen LogP contribution in [-0.4, -0.2) is 38.0 Å². The molecule has 0 fully saturated rings. The van der Waals surface area contributed by atoms with Gasteiger partial charge in [0.15, 0.2) is 0 Å². The standard InChI is InChI=1S/C18H20N2O4S/c1-13(21)20(15-7-5-14(6-8-15)18(23)24-2)10-9-19-17(22)12-16-4-3-11-25-16/h3-8,11H,9-10,12H2,1-2H3,(H,19,22). The lowest BCUT2D eigenvalue weighted by molar-refractivity contribution is -0.120. The third-order valence-electron chi connectivity index (χ3n) is 3.55. The Labute approximate surface area is 150 Å². The average molecular weight is 360 g/mol. The van der Waals surface area contributed by atoms with Crippen LogP contribution in [0.15, 0.2) is 41.8 Å². The molecule has 2 rings (SSSR count). The second kappa shape index (κ2) is 8.98. The van der Waals surface area contributed by atoms with E-state index in [4.69, 9.17) is 0 Å². The van der Waals surface area contributed by atoms with Crippen LogP contribution in [-0.2, 0) is 20.7 Å². The summed E-state index contributed by atoms with van der Waals surface area (Å²) in [6, 6.07) is 10.4.